The van der Waals surface area contributed by atoms with Crippen molar-refractivity contribution in [1.82, 2.24) is 10.6 Å². The van der Waals surface area contributed by atoms with Crippen molar-refractivity contribution in [2.24, 2.45) is 5.14 Å². The van der Waals surface area contributed by atoms with Crippen LogP contribution < -0.4 is 15.8 Å². The molecule has 1 aromatic carbocycles. The third-order valence-corrected chi connectivity index (χ3v) is 5.30. The summed E-state index contributed by atoms with van der Waals surface area (Å²) in [6.45, 7) is 0.259. The van der Waals surface area contributed by atoms with Gasteiger partial charge in [-0.2, -0.15) is 11.8 Å². The van der Waals surface area contributed by atoms with Gasteiger partial charge in [0.05, 0.1) is 4.90 Å². The van der Waals surface area contributed by atoms with Gasteiger partial charge in [-0.05, 0) is 36.3 Å². The van der Waals surface area contributed by atoms with Gasteiger partial charge in [0, 0.05) is 18.3 Å². The minimum atomic E-state index is -3.72. The first-order valence-electron chi connectivity index (χ1n) is 6.69. The highest BCUT2D eigenvalue weighted by Crippen LogP contribution is 2.16. The molecule has 1 atom stereocenters. The van der Waals surface area contributed by atoms with Crippen LogP contribution in [-0.4, -0.2) is 32.0 Å². The van der Waals surface area contributed by atoms with E-state index in [1.165, 1.54) is 12.1 Å². The number of rotatable bonds is 4. The van der Waals surface area contributed by atoms with Gasteiger partial charge in [0.25, 0.3) is 0 Å². The van der Waals surface area contributed by atoms with Crippen molar-refractivity contribution < 1.29 is 13.2 Å². The molecule has 4 N–H and O–H groups in total. The average Bonchev–Trinajstić information content (AvgIpc) is 2.46. The highest BCUT2D eigenvalue weighted by Gasteiger charge is 2.15. The predicted molar refractivity (Wildman–Crippen MR) is 83.5 cm³/mol. The highest BCUT2D eigenvalue weighted by atomic mass is 32.2. The van der Waals surface area contributed by atoms with E-state index in [0.29, 0.717) is 5.56 Å². The SMILES string of the molecule is NS(=O)(=O)c1cccc(CNC(=O)NC2CCCSC2)c1. The Morgan fingerprint density at radius 2 is 2.24 bits per heavy atom. The van der Waals surface area contributed by atoms with E-state index in [1.54, 1.807) is 12.1 Å². The molecule has 1 saturated heterocycles. The Bertz CT molecular complexity index is 598. The summed E-state index contributed by atoms with van der Waals surface area (Å²) in [7, 11) is -3.72. The van der Waals surface area contributed by atoms with Crippen LogP contribution in [0.4, 0.5) is 4.79 Å². The number of benzene rings is 1. The van der Waals surface area contributed by atoms with Crippen molar-refractivity contribution in [3.63, 3.8) is 0 Å². The van der Waals surface area contributed by atoms with E-state index in [0.717, 1.165) is 24.3 Å². The molecule has 6 nitrogen and oxygen atoms in total. The zero-order chi connectivity index (χ0) is 15.3. The fraction of sp³-hybridized carbons (Fsp3) is 0.462. The second kappa shape index (κ2) is 7.15. The predicted octanol–water partition coefficient (Wildman–Crippen LogP) is 1.03. The van der Waals surface area contributed by atoms with Gasteiger partial charge in [0.15, 0.2) is 0 Å². The molecule has 1 fully saturated rings. The zero-order valence-electron chi connectivity index (χ0n) is 11.5. The second-order valence-corrected chi connectivity index (χ2v) is 7.64. The number of urea groups is 1. The number of primary sulfonamides is 1. The minimum Gasteiger partial charge on any atom is -0.335 e. The third kappa shape index (κ3) is 5.22. The maximum absolute atomic E-state index is 11.8. The van der Waals surface area contributed by atoms with Crippen LogP contribution in [0.3, 0.4) is 0 Å². The molecule has 0 saturated carbocycles. The average molecular weight is 329 g/mol. The van der Waals surface area contributed by atoms with E-state index < -0.39 is 10.0 Å². The lowest BCUT2D eigenvalue weighted by molar-refractivity contribution is 0.237. The van der Waals surface area contributed by atoms with Gasteiger partial charge < -0.3 is 10.6 Å². The molecule has 1 aliphatic heterocycles. The van der Waals surface area contributed by atoms with E-state index in [4.69, 9.17) is 5.14 Å². The molecule has 2 rings (SSSR count). The Labute approximate surface area is 128 Å². The molecular weight excluding hydrogens is 310 g/mol. The van der Waals surface area contributed by atoms with Gasteiger partial charge in [-0.3, -0.25) is 0 Å². The summed E-state index contributed by atoms with van der Waals surface area (Å²) in [4.78, 5) is 11.8. The molecule has 1 aromatic rings. The summed E-state index contributed by atoms with van der Waals surface area (Å²) >= 11 is 1.84. The number of amides is 2. The van der Waals surface area contributed by atoms with E-state index >= 15 is 0 Å². The van der Waals surface area contributed by atoms with E-state index in [9.17, 15) is 13.2 Å². The van der Waals surface area contributed by atoms with E-state index in [2.05, 4.69) is 10.6 Å². The molecule has 21 heavy (non-hydrogen) atoms. The van der Waals surface area contributed by atoms with Gasteiger partial charge in [-0.25, -0.2) is 18.4 Å². The Morgan fingerprint density at radius 1 is 1.43 bits per heavy atom. The second-order valence-electron chi connectivity index (χ2n) is 4.93. The van der Waals surface area contributed by atoms with Crippen LogP contribution in [0.25, 0.3) is 0 Å². The standard InChI is InChI=1S/C13H19N3O3S2/c14-21(18,19)12-5-1-3-10(7-12)8-15-13(17)16-11-4-2-6-20-9-11/h1,3,5,7,11H,2,4,6,8-9H2,(H2,14,18,19)(H2,15,16,17). The Balaban J connectivity index is 1.86. The normalized spacial score (nSPS) is 19.0. The van der Waals surface area contributed by atoms with Gasteiger partial charge in [0.1, 0.15) is 0 Å². The number of nitrogens with one attached hydrogen (secondary N) is 2. The maximum atomic E-state index is 11.8. The van der Waals surface area contributed by atoms with Crippen LogP contribution in [0, 0.1) is 0 Å². The first-order chi connectivity index (χ1) is 9.95. The number of thioether (sulfide) groups is 1. The minimum absolute atomic E-state index is 0.0471. The van der Waals surface area contributed by atoms with Crippen molar-refractivity contribution in [3.05, 3.63) is 29.8 Å². The van der Waals surface area contributed by atoms with Gasteiger partial charge in [-0.15, -0.1) is 0 Å². The van der Waals surface area contributed by atoms with Gasteiger partial charge in [0.2, 0.25) is 10.0 Å². The fourth-order valence-electron chi connectivity index (χ4n) is 2.11. The molecule has 0 radical (unpaired) electrons. The first-order valence-corrected chi connectivity index (χ1v) is 9.39. The largest absolute Gasteiger partial charge is 0.335 e. The van der Waals surface area contributed by atoms with Crippen LogP contribution in [0.15, 0.2) is 29.2 Å². The molecule has 0 spiro atoms. The molecule has 8 heteroatoms. The Kier molecular flexibility index (Phi) is 5.49. The third-order valence-electron chi connectivity index (χ3n) is 3.18. The van der Waals surface area contributed by atoms with Gasteiger partial charge in [-0.1, -0.05) is 12.1 Å². The van der Waals surface area contributed by atoms with Crippen LogP contribution in [0.2, 0.25) is 0 Å². The molecule has 2 amide bonds. The first kappa shape index (κ1) is 16.1. The van der Waals surface area contributed by atoms with Crippen LogP contribution in [0.5, 0.6) is 0 Å². The number of hydrogen-bond acceptors (Lipinski definition) is 4. The summed E-state index contributed by atoms with van der Waals surface area (Å²) in [6.07, 6.45) is 2.12. The summed E-state index contributed by atoms with van der Waals surface area (Å²) < 4.78 is 22.5. The van der Waals surface area contributed by atoms with Crippen molar-refractivity contribution in [3.8, 4) is 0 Å². The Hall–Kier alpha value is -1.25. The lowest BCUT2D eigenvalue weighted by Crippen LogP contribution is -2.44. The number of carbonyl (C=O) groups is 1. The van der Waals surface area contributed by atoms with Crippen molar-refractivity contribution in [1.29, 1.82) is 0 Å². The fourth-order valence-corrected chi connectivity index (χ4v) is 3.76. The molecule has 0 aromatic heterocycles. The lowest BCUT2D eigenvalue weighted by atomic mass is 10.2. The quantitative estimate of drug-likeness (QED) is 0.768. The van der Waals surface area contributed by atoms with Crippen LogP contribution in [0.1, 0.15) is 18.4 Å². The maximum Gasteiger partial charge on any atom is 0.315 e. The number of hydrogen-bond donors (Lipinski definition) is 3. The van der Waals surface area contributed by atoms with Crippen molar-refractivity contribution >= 4 is 27.8 Å². The molecule has 116 valence electrons. The van der Waals surface area contributed by atoms with Crippen molar-refractivity contribution in [2.45, 2.75) is 30.3 Å². The molecule has 1 unspecified atom stereocenters. The monoisotopic (exact) mass is 329 g/mol. The number of nitrogens with two attached hydrogens (primary N) is 1. The zero-order valence-corrected chi connectivity index (χ0v) is 13.2. The molecule has 1 aliphatic rings. The van der Waals surface area contributed by atoms with Crippen LogP contribution >= 0.6 is 11.8 Å². The smallest absolute Gasteiger partial charge is 0.315 e. The van der Waals surface area contributed by atoms with Crippen LogP contribution in [-0.2, 0) is 16.6 Å². The van der Waals surface area contributed by atoms with Gasteiger partial charge >= 0.3 is 6.03 Å². The highest BCUT2D eigenvalue weighted by molar-refractivity contribution is 7.99. The summed E-state index contributed by atoms with van der Waals surface area (Å²) in [5.41, 5.74) is 0.690. The number of sulfonamides is 1. The molecule has 1 heterocycles. The topological polar surface area (TPSA) is 101 Å². The molecule has 0 bridgehead atoms. The summed E-state index contributed by atoms with van der Waals surface area (Å²) in [5.74, 6) is 2.09. The summed E-state index contributed by atoms with van der Waals surface area (Å²) in [6, 6.07) is 6.21. The summed E-state index contributed by atoms with van der Waals surface area (Å²) in [5, 5.41) is 10.7. The van der Waals surface area contributed by atoms with Crippen molar-refractivity contribution in [2.75, 3.05) is 11.5 Å². The number of carbonyl (C=O) groups excluding carboxylic acids is 1. The Morgan fingerprint density at radius 3 is 2.90 bits per heavy atom. The van der Waals surface area contributed by atoms with E-state index in [-0.39, 0.29) is 23.5 Å². The molecular formula is C13H19N3O3S2. The molecule has 0 aliphatic carbocycles. The lowest BCUT2D eigenvalue weighted by Gasteiger charge is -2.22. The van der Waals surface area contributed by atoms with E-state index in [1.807, 2.05) is 11.8 Å².